The lowest BCUT2D eigenvalue weighted by molar-refractivity contribution is -0.129. The average Bonchev–Trinajstić information content (AvgIpc) is 2.79. The van der Waals surface area contributed by atoms with E-state index in [1.54, 1.807) is 0 Å². The van der Waals surface area contributed by atoms with Crippen LogP contribution in [0.1, 0.15) is 44.1 Å². The van der Waals surface area contributed by atoms with Gasteiger partial charge >= 0.3 is 0 Å². The third kappa shape index (κ3) is 2.40. The number of rotatable bonds is 2. The zero-order valence-corrected chi connectivity index (χ0v) is 11.7. The van der Waals surface area contributed by atoms with Gasteiger partial charge in [0, 0.05) is 11.5 Å². The van der Waals surface area contributed by atoms with Crippen molar-refractivity contribution in [2.45, 2.75) is 56.8 Å². The molecule has 1 aliphatic heterocycles. The maximum Gasteiger partial charge on any atom is 0.262 e. The second-order valence-electron chi connectivity index (χ2n) is 5.83. The lowest BCUT2D eigenvalue weighted by atomic mass is 9.91. The van der Waals surface area contributed by atoms with Gasteiger partial charge in [-0.3, -0.25) is 4.79 Å². The van der Waals surface area contributed by atoms with Crippen LogP contribution >= 0.6 is 0 Å². The molecule has 1 saturated carbocycles. The first-order chi connectivity index (χ1) is 9.66. The highest BCUT2D eigenvalue weighted by Gasteiger charge is 2.37. The number of carbonyl (C=O) groups is 1. The third-order valence-corrected chi connectivity index (χ3v) is 4.43. The highest BCUT2D eigenvalue weighted by atomic mass is 16.5. The van der Waals surface area contributed by atoms with Crippen LogP contribution in [0, 0.1) is 0 Å². The maximum atomic E-state index is 12.4. The predicted octanol–water partition coefficient (Wildman–Crippen LogP) is 1.97. The normalized spacial score (nSPS) is 32.3. The Balaban J connectivity index is 1.67. The van der Waals surface area contributed by atoms with Gasteiger partial charge in [0.15, 0.2) is 6.10 Å². The molecule has 1 amide bonds. The van der Waals surface area contributed by atoms with Gasteiger partial charge < -0.3 is 15.2 Å². The molecule has 4 heteroatoms. The Morgan fingerprint density at radius 1 is 1.30 bits per heavy atom. The number of hydrogen-bond donors (Lipinski definition) is 2. The standard InChI is InChI=1S/C16H21NO3/c1-10-11-6-2-5-9-14(11)20-15(10)16(19)17-12-7-3-4-8-13(12)18/h2,5-6,9-10,12-13,15,18H,3-4,7-8H2,1H3,(H,17,19). The summed E-state index contributed by atoms with van der Waals surface area (Å²) in [6, 6.07) is 7.65. The van der Waals surface area contributed by atoms with Crippen LogP contribution in [0.3, 0.4) is 0 Å². The number of aliphatic hydroxyl groups is 1. The van der Waals surface area contributed by atoms with Gasteiger partial charge in [-0.2, -0.15) is 0 Å². The van der Waals surface area contributed by atoms with Crippen LogP contribution in [0.2, 0.25) is 0 Å². The van der Waals surface area contributed by atoms with Gasteiger partial charge in [-0.15, -0.1) is 0 Å². The van der Waals surface area contributed by atoms with Gasteiger partial charge in [-0.1, -0.05) is 38.0 Å². The molecule has 20 heavy (non-hydrogen) atoms. The van der Waals surface area contributed by atoms with Crippen molar-refractivity contribution in [1.29, 1.82) is 0 Å². The number of amides is 1. The Bertz CT molecular complexity index is 502. The molecule has 1 aliphatic carbocycles. The van der Waals surface area contributed by atoms with Crippen LogP contribution < -0.4 is 10.1 Å². The van der Waals surface area contributed by atoms with E-state index in [-0.39, 0.29) is 17.9 Å². The number of para-hydroxylation sites is 1. The summed E-state index contributed by atoms with van der Waals surface area (Å²) in [4.78, 5) is 12.4. The van der Waals surface area contributed by atoms with Gasteiger partial charge in [0.1, 0.15) is 5.75 Å². The first kappa shape index (κ1) is 13.4. The predicted molar refractivity (Wildman–Crippen MR) is 75.7 cm³/mol. The first-order valence-electron chi connectivity index (χ1n) is 7.41. The van der Waals surface area contributed by atoms with Crippen molar-refractivity contribution in [2.75, 3.05) is 0 Å². The number of aliphatic hydroxyl groups excluding tert-OH is 1. The molecule has 0 radical (unpaired) electrons. The van der Waals surface area contributed by atoms with E-state index in [1.807, 2.05) is 31.2 Å². The smallest absolute Gasteiger partial charge is 0.262 e. The molecule has 0 bridgehead atoms. The van der Waals surface area contributed by atoms with E-state index in [2.05, 4.69) is 5.32 Å². The second kappa shape index (κ2) is 5.44. The minimum absolute atomic E-state index is 0.0481. The van der Waals surface area contributed by atoms with Gasteiger partial charge in [-0.25, -0.2) is 0 Å². The molecular weight excluding hydrogens is 254 g/mol. The third-order valence-electron chi connectivity index (χ3n) is 4.43. The molecule has 1 aromatic rings. The molecule has 1 heterocycles. The Labute approximate surface area is 119 Å². The Hall–Kier alpha value is -1.55. The van der Waals surface area contributed by atoms with E-state index in [9.17, 15) is 9.90 Å². The van der Waals surface area contributed by atoms with E-state index >= 15 is 0 Å². The molecule has 0 aromatic heterocycles. The summed E-state index contributed by atoms with van der Waals surface area (Å²) in [5.41, 5.74) is 1.08. The largest absolute Gasteiger partial charge is 0.480 e. The number of ether oxygens (including phenoxy) is 1. The van der Waals surface area contributed by atoms with Crippen LogP contribution in [-0.4, -0.2) is 29.3 Å². The fraction of sp³-hybridized carbons (Fsp3) is 0.562. The summed E-state index contributed by atoms with van der Waals surface area (Å²) < 4.78 is 5.76. The lowest BCUT2D eigenvalue weighted by Crippen LogP contribution is -2.50. The molecule has 3 rings (SSSR count). The summed E-state index contributed by atoms with van der Waals surface area (Å²) in [6.45, 7) is 2.01. The SMILES string of the molecule is CC1c2ccccc2OC1C(=O)NC1CCCCC1O. The first-order valence-corrected chi connectivity index (χ1v) is 7.41. The summed E-state index contributed by atoms with van der Waals surface area (Å²) in [5, 5.41) is 12.9. The van der Waals surface area contributed by atoms with Gasteiger partial charge in [-0.05, 0) is 18.9 Å². The van der Waals surface area contributed by atoms with E-state index in [4.69, 9.17) is 4.74 Å². The summed E-state index contributed by atoms with van der Waals surface area (Å²) in [7, 11) is 0. The van der Waals surface area contributed by atoms with Crippen LogP contribution in [-0.2, 0) is 4.79 Å². The number of fused-ring (bicyclic) bond motifs is 1. The van der Waals surface area contributed by atoms with Crippen LogP contribution in [0.25, 0.3) is 0 Å². The molecule has 1 fully saturated rings. The molecule has 4 atom stereocenters. The number of carbonyl (C=O) groups excluding carboxylic acids is 1. The van der Waals surface area contributed by atoms with Crippen molar-refractivity contribution in [1.82, 2.24) is 5.32 Å². The van der Waals surface area contributed by atoms with Crippen molar-refractivity contribution in [3.8, 4) is 5.75 Å². The Kier molecular flexibility index (Phi) is 3.66. The fourth-order valence-electron chi connectivity index (χ4n) is 3.19. The summed E-state index contributed by atoms with van der Waals surface area (Å²) in [6.07, 6.45) is 2.81. The molecule has 0 saturated heterocycles. The Morgan fingerprint density at radius 3 is 2.80 bits per heavy atom. The monoisotopic (exact) mass is 275 g/mol. The van der Waals surface area contributed by atoms with E-state index in [0.29, 0.717) is 0 Å². The molecule has 2 aliphatic rings. The molecule has 4 unspecified atom stereocenters. The highest BCUT2D eigenvalue weighted by Crippen LogP contribution is 2.37. The lowest BCUT2D eigenvalue weighted by Gasteiger charge is -2.29. The zero-order chi connectivity index (χ0) is 14.1. The van der Waals surface area contributed by atoms with Gasteiger partial charge in [0.05, 0.1) is 12.1 Å². The van der Waals surface area contributed by atoms with E-state index < -0.39 is 12.2 Å². The topological polar surface area (TPSA) is 58.6 Å². The molecular formula is C16H21NO3. The summed E-state index contributed by atoms with van der Waals surface area (Å²) >= 11 is 0. The van der Waals surface area contributed by atoms with E-state index in [0.717, 1.165) is 37.0 Å². The van der Waals surface area contributed by atoms with E-state index in [1.165, 1.54) is 0 Å². The zero-order valence-electron chi connectivity index (χ0n) is 11.7. The van der Waals surface area contributed by atoms with Crippen molar-refractivity contribution in [3.05, 3.63) is 29.8 Å². The minimum Gasteiger partial charge on any atom is -0.480 e. The summed E-state index contributed by atoms with van der Waals surface area (Å²) in [5.74, 6) is 0.732. The number of benzene rings is 1. The quantitative estimate of drug-likeness (QED) is 0.867. The van der Waals surface area contributed by atoms with Crippen molar-refractivity contribution in [3.63, 3.8) is 0 Å². The molecule has 1 aromatic carbocycles. The van der Waals surface area contributed by atoms with Crippen molar-refractivity contribution < 1.29 is 14.6 Å². The Morgan fingerprint density at radius 2 is 2.05 bits per heavy atom. The van der Waals surface area contributed by atoms with Crippen LogP contribution in [0.4, 0.5) is 0 Å². The maximum absolute atomic E-state index is 12.4. The molecule has 4 nitrogen and oxygen atoms in total. The number of nitrogens with one attached hydrogen (secondary N) is 1. The fourth-order valence-corrected chi connectivity index (χ4v) is 3.19. The second-order valence-corrected chi connectivity index (χ2v) is 5.83. The number of hydrogen-bond acceptors (Lipinski definition) is 3. The minimum atomic E-state index is -0.485. The average molecular weight is 275 g/mol. The molecule has 2 N–H and O–H groups in total. The van der Waals surface area contributed by atoms with Gasteiger partial charge in [0.2, 0.25) is 0 Å². The van der Waals surface area contributed by atoms with Crippen LogP contribution in [0.15, 0.2) is 24.3 Å². The van der Waals surface area contributed by atoms with Crippen molar-refractivity contribution >= 4 is 5.91 Å². The van der Waals surface area contributed by atoms with Crippen LogP contribution in [0.5, 0.6) is 5.75 Å². The molecule has 108 valence electrons. The highest BCUT2D eigenvalue weighted by molar-refractivity contribution is 5.83. The molecule has 0 spiro atoms. The van der Waals surface area contributed by atoms with Gasteiger partial charge in [0.25, 0.3) is 5.91 Å². The van der Waals surface area contributed by atoms with Crippen molar-refractivity contribution in [2.24, 2.45) is 0 Å².